The van der Waals surface area contributed by atoms with E-state index in [0.717, 1.165) is 48.4 Å². The second-order valence-corrected chi connectivity index (χ2v) is 13.0. The van der Waals surface area contributed by atoms with Gasteiger partial charge in [0.25, 0.3) is 0 Å². The van der Waals surface area contributed by atoms with Gasteiger partial charge in [0.1, 0.15) is 0 Å². The fraction of sp³-hybridized carbons (Fsp3) is 0.810. The Bertz CT molecular complexity index is 839. The monoisotopic (exact) mass is 456 g/mol. The molecule has 2 aliphatic rings. The Morgan fingerprint density at radius 2 is 1.83 bits per heavy atom. The van der Waals surface area contributed by atoms with Gasteiger partial charge >= 0.3 is 0 Å². The summed E-state index contributed by atoms with van der Waals surface area (Å²) in [7, 11) is -3.57. The smallest absolute Gasteiger partial charge is 0.217 e. The Morgan fingerprint density at radius 3 is 2.43 bits per heavy atom. The molecule has 30 heavy (non-hydrogen) atoms. The summed E-state index contributed by atoms with van der Waals surface area (Å²) in [6, 6.07) is 0.176. The number of carbonyl (C=O) groups excluding carboxylic acids is 1. The summed E-state index contributed by atoms with van der Waals surface area (Å²) in [5, 5.41) is 3.45. The number of rotatable bonds is 5. The van der Waals surface area contributed by atoms with Crippen molar-refractivity contribution in [1.29, 1.82) is 0 Å². The lowest BCUT2D eigenvalue weighted by molar-refractivity contribution is -0.119. The standard InChI is InChI=1S/C21H36N4O3S2/c1-13(26)24-16-9-10-17(19(11-16)30(27,28)25-21(2,3)4)18-12-23-20(29-18)14-5-7-15(22)8-6-14/h12,14-17,19,25H,5-11,22H2,1-4H3,(H,24,26). The minimum atomic E-state index is -3.57. The maximum absolute atomic E-state index is 13.3. The van der Waals surface area contributed by atoms with E-state index in [-0.39, 0.29) is 17.9 Å². The van der Waals surface area contributed by atoms with Crippen LogP contribution in [-0.4, -0.2) is 42.2 Å². The number of nitrogens with two attached hydrogens (primary N) is 1. The number of sulfonamides is 1. The summed E-state index contributed by atoms with van der Waals surface area (Å²) in [5.74, 6) is 0.211. The molecular weight excluding hydrogens is 420 g/mol. The zero-order valence-corrected chi connectivity index (χ0v) is 20.1. The lowest BCUT2D eigenvalue weighted by Crippen LogP contribution is -2.51. The first kappa shape index (κ1) is 23.6. The fourth-order valence-corrected chi connectivity index (χ4v) is 8.33. The zero-order valence-electron chi connectivity index (χ0n) is 18.5. The molecule has 1 aromatic heterocycles. The molecule has 170 valence electrons. The SMILES string of the molecule is CC(=O)NC1CCC(c2cnc(C3CCC(N)CC3)s2)C(S(=O)(=O)NC(C)(C)C)C1. The van der Waals surface area contributed by atoms with Crippen LogP contribution in [0.5, 0.6) is 0 Å². The number of nitrogens with zero attached hydrogens (tertiary/aromatic N) is 1. The van der Waals surface area contributed by atoms with Gasteiger partial charge in [-0.1, -0.05) is 0 Å². The third-order valence-electron chi connectivity index (χ3n) is 6.07. The van der Waals surface area contributed by atoms with Gasteiger partial charge in [0, 0.05) is 47.5 Å². The fourth-order valence-electron chi connectivity index (χ4n) is 4.75. The van der Waals surface area contributed by atoms with E-state index >= 15 is 0 Å². The van der Waals surface area contributed by atoms with E-state index in [9.17, 15) is 13.2 Å². The Balaban J connectivity index is 1.83. The van der Waals surface area contributed by atoms with E-state index in [2.05, 4.69) is 10.0 Å². The van der Waals surface area contributed by atoms with Crippen molar-refractivity contribution in [1.82, 2.24) is 15.0 Å². The molecule has 0 radical (unpaired) electrons. The van der Waals surface area contributed by atoms with Crippen LogP contribution in [0.2, 0.25) is 0 Å². The Morgan fingerprint density at radius 1 is 1.17 bits per heavy atom. The number of nitrogens with one attached hydrogen (secondary N) is 2. The lowest BCUT2D eigenvalue weighted by atomic mass is 9.84. The summed E-state index contributed by atoms with van der Waals surface area (Å²) in [6.45, 7) is 7.04. The molecule has 9 heteroatoms. The van der Waals surface area contributed by atoms with Crippen LogP contribution >= 0.6 is 11.3 Å². The largest absolute Gasteiger partial charge is 0.354 e. The maximum Gasteiger partial charge on any atom is 0.217 e. The van der Waals surface area contributed by atoms with Crippen molar-refractivity contribution in [2.45, 2.75) is 107 Å². The van der Waals surface area contributed by atoms with E-state index in [4.69, 9.17) is 10.7 Å². The summed E-state index contributed by atoms with van der Waals surface area (Å²) < 4.78 is 29.5. The zero-order chi connectivity index (χ0) is 22.1. The summed E-state index contributed by atoms with van der Waals surface area (Å²) in [6.07, 6.45) is 7.95. The molecule has 0 aliphatic heterocycles. The highest BCUT2D eigenvalue weighted by molar-refractivity contribution is 7.90. The van der Waals surface area contributed by atoms with E-state index in [1.165, 1.54) is 6.92 Å². The van der Waals surface area contributed by atoms with Crippen LogP contribution in [0.3, 0.4) is 0 Å². The van der Waals surface area contributed by atoms with Crippen LogP contribution in [0.4, 0.5) is 0 Å². The highest BCUT2D eigenvalue weighted by Gasteiger charge is 2.42. The molecule has 0 spiro atoms. The third-order valence-corrected chi connectivity index (χ3v) is 9.58. The quantitative estimate of drug-likeness (QED) is 0.630. The maximum atomic E-state index is 13.3. The van der Waals surface area contributed by atoms with E-state index in [0.29, 0.717) is 18.4 Å². The van der Waals surface area contributed by atoms with Crippen molar-refractivity contribution < 1.29 is 13.2 Å². The van der Waals surface area contributed by atoms with Gasteiger partial charge in [0.15, 0.2) is 0 Å². The van der Waals surface area contributed by atoms with Crippen molar-refractivity contribution in [3.63, 3.8) is 0 Å². The van der Waals surface area contributed by atoms with Gasteiger partial charge in [0.05, 0.1) is 10.3 Å². The molecule has 2 aliphatic carbocycles. The predicted octanol–water partition coefficient (Wildman–Crippen LogP) is 2.99. The molecule has 3 rings (SSSR count). The van der Waals surface area contributed by atoms with Crippen molar-refractivity contribution in [3.05, 3.63) is 16.1 Å². The van der Waals surface area contributed by atoms with E-state index < -0.39 is 20.8 Å². The highest BCUT2D eigenvalue weighted by atomic mass is 32.2. The van der Waals surface area contributed by atoms with Gasteiger partial charge in [0.2, 0.25) is 15.9 Å². The Kier molecular flexibility index (Phi) is 7.26. The number of carbonyl (C=O) groups is 1. The number of aromatic nitrogens is 1. The van der Waals surface area contributed by atoms with Gasteiger partial charge in [-0.25, -0.2) is 18.1 Å². The first-order valence-corrected chi connectivity index (χ1v) is 13.3. The molecule has 3 unspecified atom stereocenters. The van der Waals surface area contributed by atoms with Crippen molar-refractivity contribution >= 4 is 27.3 Å². The molecular formula is C21H36N4O3S2. The summed E-state index contributed by atoms with van der Waals surface area (Å²) in [5.41, 5.74) is 5.49. The lowest BCUT2D eigenvalue weighted by Gasteiger charge is -2.37. The van der Waals surface area contributed by atoms with Crippen molar-refractivity contribution in [2.24, 2.45) is 5.73 Å². The molecule has 1 aromatic rings. The second-order valence-electron chi connectivity index (χ2n) is 9.97. The minimum absolute atomic E-state index is 0.105. The molecule has 0 saturated heterocycles. The van der Waals surface area contributed by atoms with Gasteiger partial charge < -0.3 is 11.1 Å². The topological polar surface area (TPSA) is 114 Å². The average molecular weight is 457 g/mol. The predicted molar refractivity (Wildman–Crippen MR) is 121 cm³/mol. The molecule has 0 bridgehead atoms. The molecule has 1 heterocycles. The molecule has 1 amide bonds. The van der Waals surface area contributed by atoms with Crippen LogP contribution < -0.4 is 15.8 Å². The highest BCUT2D eigenvalue weighted by Crippen LogP contribution is 2.42. The normalized spacial score (nSPS) is 30.8. The molecule has 7 nitrogen and oxygen atoms in total. The van der Waals surface area contributed by atoms with Crippen LogP contribution in [0.1, 0.15) is 94.4 Å². The Labute approximate surface area is 184 Å². The first-order chi connectivity index (χ1) is 13.9. The minimum Gasteiger partial charge on any atom is -0.354 e. The van der Waals surface area contributed by atoms with Gasteiger partial charge in [-0.2, -0.15) is 0 Å². The number of hydrogen-bond donors (Lipinski definition) is 3. The number of amides is 1. The van der Waals surface area contributed by atoms with E-state index in [1.807, 2.05) is 27.0 Å². The average Bonchev–Trinajstić information content (AvgIpc) is 3.09. The molecule has 3 atom stereocenters. The molecule has 0 aromatic carbocycles. The molecule has 4 N–H and O–H groups in total. The van der Waals surface area contributed by atoms with Gasteiger partial charge in [-0.15, -0.1) is 11.3 Å². The molecule has 2 saturated carbocycles. The van der Waals surface area contributed by atoms with Gasteiger partial charge in [-0.05, 0) is 65.7 Å². The summed E-state index contributed by atoms with van der Waals surface area (Å²) >= 11 is 1.67. The van der Waals surface area contributed by atoms with Crippen LogP contribution in [0, 0.1) is 0 Å². The van der Waals surface area contributed by atoms with Crippen LogP contribution in [0.25, 0.3) is 0 Å². The first-order valence-electron chi connectivity index (χ1n) is 11.0. The number of hydrogen-bond acceptors (Lipinski definition) is 6. The molecule has 2 fully saturated rings. The van der Waals surface area contributed by atoms with Crippen LogP contribution in [-0.2, 0) is 14.8 Å². The summed E-state index contributed by atoms with van der Waals surface area (Å²) in [4.78, 5) is 17.3. The second kappa shape index (κ2) is 9.22. The van der Waals surface area contributed by atoms with Crippen LogP contribution in [0.15, 0.2) is 6.20 Å². The Hall–Kier alpha value is -1.03. The van der Waals surface area contributed by atoms with Crippen molar-refractivity contribution in [3.8, 4) is 0 Å². The third kappa shape index (κ3) is 6.02. The van der Waals surface area contributed by atoms with Gasteiger partial charge in [-0.3, -0.25) is 4.79 Å². The van der Waals surface area contributed by atoms with E-state index in [1.54, 1.807) is 11.3 Å². The number of thiazole rings is 1. The van der Waals surface area contributed by atoms with Crippen molar-refractivity contribution in [2.75, 3.05) is 0 Å².